The largest absolute Gasteiger partial charge is 0.491 e. The van der Waals surface area contributed by atoms with Crippen molar-refractivity contribution in [1.82, 2.24) is 0 Å². The first-order chi connectivity index (χ1) is 5.29. The van der Waals surface area contributed by atoms with Crippen LogP contribution in [0, 0.1) is 0 Å². The van der Waals surface area contributed by atoms with Gasteiger partial charge in [-0.05, 0) is 12.1 Å². The highest BCUT2D eigenvalue weighted by Crippen LogP contribution is 2.36. The Kier molecular flexibility index (Phi) is 2.99. The van der Waals surface area contributed by atoms with Crippen LogP contribution in [-0.2, 0) is 0 Å². The summed E-state index contributed by atoms with van der Waals surface area (Å²) in [7, 11) is 0. The maximum Gasteiger partial charge on any atom is 0.125 e. The molecular formula is C8H9BrClNO. The van der Waals surface area contributed by atoms with Crippen LogP contribution in [0.1, 0.15) is 11.6 Å². The molecule has 2 rings (SSSR count). The van der Waals surface area contributed by atoms with Crippen LogP contribution in [0.3, 0.4) is 0 Å². The number of rotatable bonds is 0. The summed E-state index contributed by atoms with van der Waals surface area (Å²) in [5.41, 5.74) is 6.88. The van der Waals surface area contributed by atoms with E-state index in [-0.39, 0.29) is 18.4 Å². The van der Waals surface area contributed by atoms with E-state index >= 15 is 0 Å². The lowest BCUT2D eigenvalue weighted by atomic mass is 10.1. The zero-order chi connectivity index (χ0) is 7.84. The smallest absolute Gasteiger partial charge is 0.125 e. The maximum atomic E-state index is 5.79. The van der Waals surface area contributed by atoms with Crippen LogP contribution in [0.2, 0.25) is 0 Å². The van der Waals surface area contributed by atoms with Crippen molar-refractivity contribution in [3.05, 3.63) is 28.2 Å². The van der Waals surface area contributed by atoms with Crippen molar-refractivity contribution in [3.63, 3.8) is 0 Å². The molecule has 1 atom stereocenters. The van der Waals surface area contributed by atoms with Crippen molar-refractivity contribution in [3.8, 4) is 5.75 Å². The van der Waals surface area contributed by atoms with Gasteiger partial charge in [0.25, 0.3) is 0 Å². The fraction of sp³-hybridized carbons (Fsp3) is 0.250. The van der Waals surface area contributed by atoms with Crippen molar-refractivity contribution in [1.29, 1.82) is 0 Å². The summed E-state index contributed by atoms with van der Waals surface area (Å²) in [5.74, 6) is 0.909. The Bertz CT molecular complexity index is 292. The second-order valence-corrected chi connectivity index (χ2v) is 3.42. The molecule has 1 aliphatic heterocycles. The third kappa shape index (κ3) is 1.44. The zero-order valence-corrected chi connectivity index (χ0v) is 8.69. The summed E-state index contributed by atoms with van der Waals surface area (Å²) in [4.78, 5) is 0. The van der Waals surface area contributed by atoms with Gasteiger partial charge in [0, 0.05) is 10.0 Å². The average molecular weight is 251 g/mol. The molecule has 1 aromatic carbocycles. The van der Waals surface area contributed by atoms with Crippen LogP contribution >= 0.6 is 28.3 Å². The monoisotopic (exact) mass is 249 g/mol. The molecule has 1 aromatic rings. The van der Waals surface area contributed by atoms with E-state index in [0.29, 0.717) is 6.61 Å². The van der Waals surface area contributed by atoms with Crippen LogP contribution < -0.4 is 10.5 Å². The van der Waals surface area contributed by atoms with Gasteiger partial charge in [-0.2, -0.15) is 0 Å². The van der Waals surface area contributed by atoms with E-state index in [1.807, 2.05) is 18.2 Å². The van der Waals surface area contributed by atoms with Gasteiger partial charge in [-0.15, -0.1) is 12.4 Å². The first kappa shape index (κ1) is 9.84. The molecule has 2 nitrogen and oxygen atoms in total. The molecule has 0 saturated carbocycles. The summed E-state index contributed by atoms with van der Waals surface area (Å²) in [5, 5.41) is 0. The van der Waals surface area contributed by atoms with Gasteiger partial charge < -0.3 is 10.5 Å². The lowest BCUT2D eigenvalue weighted by molar-refractivity contribution is 0.333. The average Bonchev–Trinajstić information content (AvgIpc) is 2.34. The quantitative estimate of drug-likeness (QED) is 0.767. The second kappa shape index (κ2) is 3.64. The minimum Gasteiger partial charge on any atom is -0.491 e. The van der Waals surface area contributed by atoms with Gasteiger partial charge in [0.1, 0.15) is 12.4 Å². The molecule has 0 bridgehead atoms. The molecule has 4 heteroatoms. The fourth-order valence-electron chi connectivity index (χ4n) is 1.27. The van der Waals surface area contributed by atoms with Crippen molar-refractivity contribution in [2.24, 2.45) is 5.73 Å². The van der Waals surface area contributed by atoms with E-state index in [9.17, 15) is 0 Å². The molecule has 1 heterocycles. The molecule has 0 aromatic heterocycles. The van der Waals surface area contributed by atoms with Crippen molar-refractivity contribution >= 4 is 28.3 Å². The van der Waals surface area contributed by atoms with E-state index < -0.39 is 0 Å². The molecule has 1 aliphatic rings. The second-order valence-electron chi connectivity index (χ2n) is 2.57. The molecule has 0 amide bonds. The number of hydrogen-bond acceptors (Lipinski definition) is 2. The van der Waals surface area contributed by atoms with Crippen LogP contribution in [-0.4, -0.2) is 6.61 Å². The fourth-order valence-corrected chi connectivity index (χ4v) is 1.91. The molecule has 0 fully saturated rings. The van der Waals surface area contributed by atoms with Gasteiger partial charge in [-0.1, -0.05) is 22.0 Å². The van der Waals surface area contributed by atoms with Gasteiger partial charge in [0.2, 0.25) is 0 Å². The summed E-state index contributed by atoms with van der Waals surface area (Å²) in [6.07, 6.45) is 0. The van der Waals surface area contributed by atoms with E-state index in [1.165, 1.54) is 0 Å². The van der Waals surface area contributed by atoms with E-state index in [1.54, 1.807) is 0 Å². The molecule has 0 spiro atoms. The first-order valence-corrected chi connectivity index (χ1v) is 4.25. The third-order valence-corrected chi connectivity index (χ3v) is 2.49. The van der Waals surface area contributed by atoms with Crippen molar-refractivity contribution < 1.29 is 4.74 Å². The Hall–Kier alpha value is -0.250. The first-order valence-electron chi connectivity index (χ1n) is 3.46. The van der Waals surface area contributed by atoms with Crippen molar-refractivity contribution in [2.75, 3.05) is 6.61 Å². The molecule has 0 aliphatic carbocycles. The third-order valence-electron chi connectivity index (χ3n) is 1.80. The summed E-state index contributed by atoms with van der Waals surface area (Å²) < 4.78 is 6.38. The number of halogens is 2. The number of ether oxygens (including phenoxy) is 1. The van der Waals surface area contributed by atoms with Gasteiger partial charge in [-0.3, -0.25) is 0 Å². The number of nitrogens with two attached hydrogens (primary N) is 1. The van der Waals surface area contributed by atoms with Gasteiger partial charge in [0.05, 0.1) is 6.04 Å². The minimum atomic E-state index is 0. The molecule has 12 heavy (non-hydrogen) atoms. The highest BCUT2D eigenvalue weighted by molar-refractivity contribution is 9.10. The summed E-state index contributed by atoms with van der Waals surface area (Å²) >= 11 is 3.43. The van der Waals surface area contributed by atoms with Crippen LogP contribution in [0.4, 0.5) is 0 Å². The van der Waals surface area contributed by atoms with Crippen molar-refractivity contribution in [2.45, 2.75) is 6.04 Å². The maximum absolute atomic E-state index is 5.79. The number of fused-ring (bicyclic) bond motifs is 1. The van der Waals surface area contributed by atoms with E-state index in [0.717, 1.165) is 15.8 Å². The van der Waals surface area contributed by atoms with E-state index in [2.05, 4.69) is 15.9 Å². The molecule has 0 radical (unpaired) electrons. The summed E-state index contributed by atoms with van der Waals surface area (Å²) in [6.45, 7) is 0.595. The number of hydrogen-bond donors (Lipinski definition) is 1. The Labute approximate surface area is 85.6 Å². The SMILES string of the molecule is Cl.NC1COc2cccc(Br)c21. The standard InChI is InChI=1S/C8H8BrNO.ClH/c9-5-2-1-3-7-8(5)6(10)4-11-7;/h1-3,6H,4,10H2;1H. The Morgan fingerprint density at radius 1 is 1.50 bits per heavy atom. The predicted molar refractivity (Wildman–Crippen MR) is 53.8 cm³/mol. The van der Waals surface area contributed by atoms with Crippen LogP contribution in [0.5, 0.6) is 5.75 Å². The highest BCUT2D eigenvalue weighted by atomic mass is 79.9. The Morgan fingerprint density at radius 2 is 2.25 bits per heavy atom. The highest BCUT2D eigenvalue weighted by Gasteiger charge is 2.22. The minimum absolute atomic E-state index is 0. The van der Waals surface area contributed by atoms with Gasteiger partial charge in [0.15, 0.2) is 0 Å². The Balaban J connectivity index is 0.000000720. The lowest BCUT2D eigenvalue weighted by Gasteiger charge is -2.01. The van der Waals surface area contributed by atoms with Crippen LogP contribution in [0.15, 0.2) is 22.7 Å². The lowest BCUT2D eigenvalue weighted by Crippen LogP contribution is -2.11. The molecule has 66 valence electrons. The predicted octanol–water partition coefficient (Wildman–Crippen LogP) is 2.26. The molecular weight excluding hydrogens is 241 g/mol. The topological polar surface area (TPSA) is 35.2 Å². The van der Waals surface area contributed by atoms with E-state index in [4.69, 9.17) is 10.5 Å². The summed E-state index contributed by atoms with van der Waals surface area (Å²) in [6, 6.07) is 5.89. The van der Waals surface area contributed by atoms with Gasteiger partial charge >= 0.3 is 0 Å². The van der Waals surface area contributed by atoms with Crippen LogP contribution in [0.25, 0.3) is 0 Å². The Morgan fingerprint density at radius 3 is 2.92 bits per heavy atom. The molecule has 1 unspecified atom stereocenters. The molecule has 2 N–H and O–H groups in total. The number of benzene rings is 1. The zero-order valence-electron chi connectivity index (χ0n) is 6.29. The molecule has 0 saturated heterocycles. The normalized spacial score (nSPS) is 19.3. The van der Waals surface area contributed by atoms with Gasteiger partial charge in [-0.25, -0.2) is 0 Å².